The summed E-state index contributed by atoms with van der Waals surface area (Å²) in [6.07, 6.45) is 2.91. The van der Waals surface area contributed by atoms with Gasteiger partial charge in [-0.3, -0.25) is 10.1 Å². The summed E-state index contributed by atoms with van der Waals surface area (Å²) in [6, 6.07) is 16.2. The lowest BCUT2D eigenvalue weighted by Gasteiger charge is -2.17. The summed E-state index contributed by atoms with van der Waals surface area (Å²) in [5.41, 5.74) is 4.40. The van der Waals surface area contributed by atoms with Crippen molar-refractivity contribution in [1.29, 1.82) is 0 Å². The number of carbonyl (C=O) groups is 1. The molecule has 0 aliphatic carbocycles. The van der Waals surface area contributed by atoms with Gasteiger partial charge in [-0.1, -0.05) is 24.3 Å². The van der Waals surface area contributed by atoms with Crippen LogP contribution in [0.3, 0.4) is 0 Å². The number of amides is 1. The zero-order chi connectivity index (χ0) is 15.6. The van der Waals surface area contributed by atoms with Crippen LogP contribution >= 0.6 is 0 Å². The Balaban J connectivity index is 1.47. The molecule has 1 aromatic heterocycles. The lowest BCUT2D eigenvalue weighted by atomic mass is 10.1. The summed E-state index contributed by atoms with van der Waals surface area (Å²) in [5.74, 6) is -0.233. The molecule has 0 radical (unpaired) electrons. The van der Waals surface area contributed by atoms with Crippen LogP contribution in [0.1, 0.15) is 21.5 Å². The molecule has 3 aromatic rings. The van der Waals surface area contributed by atoms with E-state index in [1.165, 1.54) is 23.6 Å². The van der Waals surface area contributed by atoms with Crippen LogP contribution in [0, 0.1) is 0 Å². The van der Waals surface area contributed by atoms with Crippen molar-refractivity contribution in [3.05, 3.63) is 77.7 Å². The van der Waals surface area contributed by atoms with Gasteiger partial charge in [0.1, 0.15) is 6.26 Å². The van der Waals surface area contributed by atoms with Crippen LogP contribution in [0.5, 0.6) is 0 Å². The Morgan fingerprint density at radius 1 is 1.04 bits per heavy atom. The van der Waals surface area contributed by atoms with Gasteiger partial charge in [0, 0.05) is 24.3 Å². The number of rotatable bonds is 3. The van der Waals surface area contributed by atoms with E-state index in [2.05, 4.69) is 39.5 Å². The second-order valence-electron chi connectivity index (χ2n) is 5.46. The minimum absolute atomic E-state index is 0.203. The predicted octanol–water partition coefficient (Wildman–Crippen LogP) is 3.45. The first kappa shape index (κ1) is 13.6. The summed E-state index contributed by atoms with van der Waals surface area (Å²) in [4.78, 5) is 18.3. The molecule has 0 saturated carbocycles. The Bertz CT molecular complexity index is 801. The highest BCUT2D eigenvalue weighted by Gasteiger charge is 2.18. The Hall–Kier alpha value is -3.08. The van der Waals surface area contributed by atoms with E-state index in [9.17, 15) is 4.79 Å². The van der Waals surface area contributed by atoms with Crippen LogP contribution in [0.25, 0.3) is 0 Å². The summed E-state index contributed by atoms with van der Waals surface area (Å²) >= 11 is 0. The fourth-order valence-electron chi connectivity index (χ4n) is 2.79. The molecule has 2 heterocycles. The minimum atomic E-state index is -0.233. The third-order valence-corrected chi connectivity index (χ3v) is 3.99. The molecule has 0 saturated heterocycles. The number of carbonyl (C=O) groups excluding carboxylic acids is 1. The number of aromatic nitrogens is 1. The average molecular weight is 305 g/mol. The van der Waals surface area contributed by atoms with Crippen LogP contribution < -0.4 is 10.2 Å². The molecule has 2 aromatic carbocycles. The lowest BCUT2D eigenvalue weighted by Crippen LogP contribution is -2.15. The normalized spacial score (nSPS) is 13.0. The molecule has 1 N–H and O–H groups in total. The predicted molar refractivity (Wildman–Crippen MR) is 87.2 cm³/mol. The fourth-order valence-corrected chi connectivity index (χ4v) is 2.79. The molecule has 0 atom stereocenters. The van der Waals surface area contributed by atoms with Crippen molar-refractivity contribution in [3.8, 4) is 0 Å². The Morgan fingerprint density at radius 2 is 1.74 bits per heavy atom. The van der Waals surface area contributed by atoms with Crippen molar-refractivity contribution < 1.29 is 9.21 Å². The van der Waals surface area contributed by atoms with Gasteiger partial charge in [-0.2, -0.15) is 0 Å². The van der Waals surface area contributed by atoms with Gasteiger partial charge in [-0.25, -0.2) is 4.98 Å². The van der Waals surface area contributed by atoms with Gasteiger partial charge in [0.2, 0.25) is 0 Å². The van der Waals surface area contributed by atoms with Gasteiger partial charge < -0.3 is 9.32 Å². The van der Waals surface area contributed by atoms with Crippen molar-refractivity contribution >= 4 is 17.6 Å². The molecule has 1 aliphatic heterocycles. The summed E-state index contributed by atoms with van der Waals surface area (Å²) in [5, 5.41) is 2.61. The van der Waals surface area contributed by atoms with E-state index in [0.29, 0.717) is 5.56 Å². The van der Waals surface area contributed by atoms with E-state index >= 15 is 0 Å². The van der Waals surface area contributed by atoms with E-state index in [-0.39, 0.29) is 11.9 Å². The number of hydrogen-bond donors (Lipinski definition) is 1. The number of nitrogens with zero attached hydrogens (tertiary/aromatic N) is 2. The van der Waals surface area contributed by atoms with Crippen molar-refractivity contribution in [1.82, 2.24) is 4.98 Å². The number of hydrogen-bond acceptors (Lipinski definition) is 4. The Labute approximate surface area is 133 Å². The van der Waals surface area contributed by atoms with Crippen molar-refractivity contribution in [2.45, 2.75) is 13.1 Å². The standard InChI is InChI=1S/C18H15N3O2/c22-17(20-18-19-9-10-23-18)13-5-7-16(8-6-13)21-11-14-3-1-2-4-15(14)12-21/h1-10H,11-12H2,(H,19,20,22). The number of anilines is 2. The summed E-state index contributed by atoms with van der Waals surface area (Å²) in [6.45, 7) is 1.80. The van der Waals surface area contributed by atoms with Crippen LogP contribution in [0.2, 0.25) is 0 Å². The van der Waals surface area contributed by atoms with Gasteiger partial charge in [0.05, 0.1) is 6.20 Å². The van der Waals surface area contributed by atoms with Crippen LogP contribution in [-0.4, -0.2) is 10.9 Å². The molecule has 0 spiro atoms. The fraction of sp³-hybridized carbons (Fsp3) is 0.111. The van der Waals surface area contributed by atoms with Crippen LogP contribution in [0.4, 0.5) is 11.7 Å². The summed E-state index contributed by atoms with van der Waals surface area (Å²) < 4.78 is 5.02. The first-order chi connectivity index (χ1) is 11.3. The molecular formula is C18H15N3O2. The van der Waals surface area contributed by atoms with Crippen molar-refractivity contribution in [2.24, 2.45) is 0 Å². The molecule has 0 fully saturated rings. The molecule has 1 aliphatic rings. The molecule has 5 heteroatoms. The highest BCUT2D eigenvalue weighted by molar-refractivity contribution is 6.03. The van der Waals surface area contributed by atoms with Crippen LogP contribution in [-0.2, 0) is 13.1 Å². The largest absolute Gasteiger partial charge is 0.432 e. The SMILES string of the molecule is O=C(Nc1ncco1)c1ccc(N2Cc3ccccc3C2)cc1. The molecule has 5 nitrogen and oxygen atoms in total. The monoisotopic (exact) mass is 305 g/mol. The topological polar surface area (TPSA) is 58.4 Å². The van der Waals surface area contributed by atoms with E-state index in [1.54, 1.807) is 0 Å². The van der Waals surface area contributed by atoms with E-state index in [1.807, 2.05) is 24.3 Å². The second kappa shape index (κ2) is 5.61. The highest BCUT2D eigenvalue weighted by Crippen LogP contribution is 2.28. The summed E-state index contributed by atoms with van der Waals surface area (Å²) in [7, 11) is 0. The first-order valence-electron chi connectivity index (χ1n) is 7.42. The molecule has 1 amide bonds. The van der Waals surface area contributed by atoms with Gasteiger partial charge in [-0.15, -0.1) is 0 Å². The van der Waals surface area contributed by atoms with Gasteiger partial charge in [-0.05, 0) is 35.4 Å². The lowest BCUT2D eigenvalue weighted by molar-refractivity contribution is 0.102. The molecule has 114 valence electrons. The molecular weight excluding hydrogens is 290 g/mol. The highest BCUT2D eigenvalue weighted by atomic mass is 16.4. The number of fused-ring (bicyclic) bond motifs is 1. The van der Waals surface area contributed by atoms with Crippen molar-refractivity contribution in [3.63, 3.8) is 0 Å². The third kappa shape index (κ3) is 2.68. The molecule has 4 rings (SSSR count). The molecule has 0 unspecified atom stereocenters. The van der Waals surface area contributed by atoms with Gasteiger partial charge >= 0.3 is 6.01 Å². The first-order valence-corrected chi connectivity index (χ1v) is 7.42. The molecule has 0 bridgehead atoms. The molecule has 23 heavy (non-hydrogen) atoms. The zero-order valence-electron chi connectivity index (χ0n) is 12.4. The zero-order valence-corrected chi connectivity index (χ0v) is 12.4. The third-order valence-electron chi connectivity index (χ3n) is 3.99. The maximum absolute atomic E-state index is 12.1. The maximum atomic E-state index is 12.1. The van der Waals surface area contributed by atoms with E-state index in [0.717, 1.165) is 18.8 Å². The van der Waals surface area contributed by atoms with Crippen molar-refractivity contribution in [2.75, 3.05) is 10.2 Å². The smallest absolute Gasteiger partial charge is 0.301 e. The Kier molecular flexibility index (Phi) is 3.31. The van der Waals surface area contributed by atoms with E-state index in [4.69, 9.17) is 4.42 Å². The average Bonchev–Trinajstić information content (AvgIpc) is 3.24. The number of nitrogens with one attached hydrogen (secondary N) is 1. The van der Waals surface area contributed by atoms with Crippen LogP contribution in [0.15, 0.2) is 65.4 Å². The minimum Gasteiger partial charge on any atom is -0.432 e. The second-order valence-corrected chi connectivity index (χ2v) is 5.46. The number of oxazole rings is 1. The maximum Gasteiger partial charge on any atom is 0.301 e. The number of benzene rings is 2. The van der Waals surface area contributed by atoms with Gasteiger partial charge in [0.15, 0.2) is 0 Å². The Morgan fingerprint density at radius 3 is 2.35 bits per heavy atom. The van der Waals surface area contributed by atoms with E-state index < -0.39 is 0 Å². The quantitative estimate of drug-likeness (QED) is 0.805. The van der Waals surface area contributed by atoms with Gasteiger partial charge in [0.25, 0.3) is 5.91 Å².